The van der Waals surface area contributed by atoms with Gasteiger partial charge in [0.1, 0.15) is 12.1 Å². The number of carboxylic acid groups (broad SMARTS) is 2. The molecule has 0 aromatic rings. The molecule has 0 unspecified atom stereocenters. The van der Waals surface area contributed by atoms with Gasteiger partial charge in [-0.05, 0) is 39.7 Å². The van der Waals surface area contributed by atoms with Gasteiger partial charge in [0.25, 0.3) is 0 Å². The number of nitrogens with one attached hydrogen (secondary N) is 3. The van der Waals surface area contributed by atoms with Gasteiger partial charge in [-0.25, -0.2) is 4.79 Å². The summed E-state index contributed by atoms with van der Waals surface area (Å²) in [4.78, 5) is 46.6. The van der Waals surface area contributed by atoms with Crippen molar-refractivity contribution < 1.29 is 62.5 Å². The third-order valence-electron chi connectivity index (χ3n) is 6.09. The molecule has 16 nitrogen and oxygen atoms in total. The maximum absolute atomic E-state index is 12.1. The van der Waals surface area contributed by atoms with E-state index in [1.807, 2.05) is 6.92 Å². The number of carboxylic acids is 2. The van der Waals surface area contributed by atoms with E-state index in [1.54, 1.807) is 7.05 Å². The number of hydrogen-bond acceptors (Lipinski definition) is 12. The van der Waals surface area contributed by atoms with E-state index in [0.717, 1.165) is 0 Å². The fourth-order valence-corrected chi connectivity index (χ4v) is 3.61. The molecule has 0 bridgehead atoms. The Morgan fingerprint density at radius 3 is 1.42 bits per heavy atom. The molecule has 0 aliphatic carbocycles. The Labute approximate surface area is 266 Å². The fraction of sp³-hybridized carbons (Fsp3) is 0.862. The molecule has 2 atom stereocenters. The molecule has 45 heavy (non-hydrogen) atoms. The minimum absolute atomic E-state index is 0.0314. The molecular formula is C29H55N3O13. The monoisotopic (exact) mass is 653 g/mol. The quantitative estimate of drug-likeness (QED) is 0.0571. The molecule has 264 valence electrons. The predicted octanol–water partition coefficient (Wildman–Crippen LogP) is -0.179. The Morgan fingerprint density at radius 1 is 0.556 bits per heavy atom. The van der Waals surface area contributed by atoms with Crippen LogP contribution in [0.3, 0.4) is 0 Å². The lowest BCUT2D eigenvalue weighted by Crippen LogP contribution is -2.42. The first kappa shape index (κ1) is 42.6. The topological polar surface area (TPSA) is 209 Å². The number of ether oxygens (including phenoxy) is 7. The minimum Gasteiger partial charge on any atom is -0.480 e. The first-order valence-electron chi connectivity index (χ1n) is 15.5. The molecule has 0 radical (unpaired) electrons. The van der Waals surface area contributed by atoms with Gasteiger partial charge in [0.05, 0.1) is 85.9 Å². The van der Waals surface area contributed by atoms with Crippen LogP contribution in [0.1, 0.15) is 45.4 Å². The summed E-state index contributed by atoms with van der Waals surface area (Å²) in [6.07, 6.45) is 1.47. The lowest BCUT2D eigenvalue weighted by Gasteiger charge is -2.15. The van der Waals surface area contributed by atoms with Crippen LogP contribution in [-0.4, -0.2) is 152 Å². The van der Waals surface area contributed by atoms with Crippen molar-refractivity contribution in [2.75, 3.05) is 106 Å². The minimum atomic E-state index is -1.23. The van der Waals surface area contributed by atoms with Crippen LogP contribution in [0.25, 0.3) is 0 Å². The third-order valence-corrected chi connectivity index (χ3v) is 6.09. The van der Waals surface area contributed by atoms with Crippen LogP contribution in [0.5, 0.6) is 0 Å². The Balaban J connectivity index is 3.62. The van der Waals surface area contributed by atoms with Crippen LogP contribution in [0, 0.1) is 0 Å². The zero-order chi connectivity index (χ0) is 33.4. The summed E-state index contributed by atoms with van der Waals surface area (Å²) in [6.45, 7) is 8.45. The largest absolute Gasteiger partial charge is 0.480 e. The van der Waals surface area contributed by atoms with Crippen LogP contribution < -0.4 is 16.0 Å². The Morgan fingerprint density at radius 2 is 1.00 bits per heavy atom. The van der Waals surface area contributed by atoms with Gasteiger partial charge in [-0.1, -0.05) is 0 Å². The third kappa shape index (κ3) is 28.8. The molecule has 0 aromatic heterocycles. The standard InChI is InChI=1S/C29H55N3O13/c1-3-39-12-13-41-16-17-43-20-21-45-23-22-44-19-18-42-15-14-40-11-9-27(34)32-25(29(37)38)7-8-26(33)31-10-5-4-6-24(30-2)28(35)36/h24-25,30H,3-23H2,1-2H3,(H,31,33)(H,32,34)(H,35,36)(H,37,38)/t24-,25-/m0/s1. The summed E-state index contributed by atoms with van der Waals surface area (Å²) < 4.78 is 37.5. The lowest BCUT2D eigenvalue weighted by atomic mass is 10.1. The maximum atomic E-state index is 12.1. The number of rotatable bonds is 34. The van der Waals surface area contributed by atoms with Crippen molar-refractivity contribution in [3.8, 4) is 0 Å². The number of carbonyl (C=O) groups excluding carboxylic acids is 2. The highest BCUT2D eigenvalue weighted by atomic mass is 16.6. The highest BCUT2D eigenvalue weighted by molar-refractivity contribution is 5.84. The second kappa shape index (κ2) is 31.5. The molecule has 0 fully saturated rings. The molecule has 2 amide bonds. The van der Waals surface area contributed by atoms with Gasteiger partial charge in [-0.3, -0.25) is 14.4 Å². The van der Waals surface area contributed by atoms with Crippen molar-refractivity contribution >= 4 is 23.8 Å². The van der Waals surface area contributed by atoms with Crippen molar-refractivity contribution in [1.82, 2.24) is 16.0 Å². The Hall–Kier alpha value is -2.44. The van der Waals surface area contributed by atoms with E-state index in [4.69, 9.17) is 38.3 Å². The number of unbranched alkanes of at least 4 members (excludes halogenated alkanes) is 1. The SMILES string of the molecule is CCOCCOCCOCCOCCOCCOCCOCCC(=O)N[C@@H](CCC(=O)NCCCC[C@H](NC)C(=O)O)C(=O)O. The molecule has 0 spiro atoms. The van der Waals surface area contributed by atoms with Crippen LogP contribution >= 0.6 is 0 Å². The molecule has 16 heteroatoms. The van der Waals surface area contributed by atoms with Gasteiger partial charge in [-0.2, -0.15) is 0 Å². The van der Waals surface area contributed by atoms with Crippen molar-refractivity contribution in [3.05, 3.63) is 0 Å². The second-order valence-electron chi connectivity index (χ2n) is 9.64. The summed E-state index contributed by atoms with van der Waals surface area (Å²) >= 11 is 0. The molecule has 0 saturated carbocycles. The number of amides is 2. The number of aliphatic carboxylic acids is 2. The zero-order valence-electron chi connectivity index (χ0n) is 26.9. The Kier molecular flexibility index (Phi) is 29.8. The molecule has 0 aliphatic rings. The molecule has 0 aromatic carbocycles. The predicted molar refractivity (Wildman–Crippen MR) is 162 cm³/mol. The van der Waals surface area contributed by atoms with Crippen LogP contribution in [0.2, 0.25) is 0 Å². The molecule has 0 saturated heterocycles. The lowest BCUT2D eigenvalue weighted by molar-refractivity contribution is -0.142. The molecular weight excluding hydrogens is 598 g/mol. The van der Waals surface area contributed by atoms with Gasteiger partial charge in [0.2, 0.25) is 11.8 Å². The van der Waals surface area contributed by atoms with E-state index in [0.29, 0.717) is 105 Å². The highest BCUT2D eigenvalue weighted by Crippen LogP contribution is 2.02. The summed E-state index contributed by atoms with van der Waals surface area (Å²) in [7, 11) is 1.57. The van der Waals surface area contributed by atoms with E-state index < -0.39 is 29.9 Å². The van der Waals surface area contributed by atoms with Gasteiger partial charge >= 0.3 is 11.9 Å². The summed E-state index contributed by atoms with van der Waals surface area (Å²) in [5, 5.41) is 26.1. The van der Waals surface area contributed by atoms with Crippen molar-refractivity contribution in [2.45, 2.75) is 57.5 Å². The van der Waals surface area contributed by atoms with Crippen molar-refractivity contribution in [2.24, 2.45) is 0 Å². The Bertz CT molecular complexity index is 761. The van der Waals surface area contributed by atoms with E-state index in [2.05, 4.69) is 16.0 Å². The second-order valence-corrected chi connectivity index (χ2v) is 9.64. The number of carbonyl (C=O) groups is 4. The fourth-order valence-electron chi connectivity index (χ4n) is 3.61. The van der Waals surface area contributed by atoms with Crippen LogP contribution in [0.15, 0.2) is 0 Å². The van der Waals surface area contributed by atoms with Gasteiger partial charge in [0.15, 0.2) is 0 Å². The average molecular weight is 654 g/mol. The van der Waals surface area contributed by atoms with Crippen molar-refractivity contribution in [1.29, 1.82) is 0 Å². The highest BCUT2D eigenvalue weighted by Gasteiger charge is 2.21. The zero-order valence-corrected chi connectivity index (χ0v) is 26.9. The van der Waals surface area contributed by atoms with E-state index in [9.17, 15) is 24.3 Å². The normalized spacial score (nSPS) is 12.5. The smallest absolute Gasteiger partial charge is 0.326 e. The number of hydrogen-bond donors (Lipinski definition) is 5. The maximum Gasteiger partial charge on any atom is 0.326 e. The van der Waals surface area contributed by atoms with Gasteiger partial charge in [0, 0.05) is 26.0 Å². The van der Waals surface area contributed by atoms with E-state index >= 15 is 0 Å². The van der Waals surface area contributed by atoms with Gasteiger partial charge < -0.3 is 59.3 Å². The number of likely N-dealkylation sites (N-methyl/N-ethyl adjacent to an activating group) is 1. The average Bonchev–Trinajstić information content (AvgIpc) is 3.01. The van der Waals surface area contributed by atoms with Crippen LogP contribution in [-0.2, 0) is 52.3 Å². The first-order chi connectivity index (χ1) is 21.8. The molecule has 0 aliphatic heterocycles. The molecule has 0 rings (SSSR count). The summed E-state index contributed by atoms with van der Waals surface area (Å²) in [5.74, 6) is -2.99. The van der Waals surface area contributed by atoms with E-state index in [-0.39, 0.29) is 38.4 Å². The summed E-state index contributed by atoms with van der Waals surface area (Å²) in [6, 6.07) is -1.83. The molecule has 0 heterocycles. The summed E-state index contributed by atoms with van der Waals surface area (Å²) in [5.41, 5.74) is 0. The van der Waals surface area contributed by atoms with Crippen molar-refractivity contribution in [3.63, 3.8) is 0 Å². The van der Waals surface area contributed by atoms with Crippen LogP contribution in [0.4, 0.5) is 0 Å². The van der Waals surface area contributed by atoms with Gasteiger partial charge in [-0.15, -0.1) is 0 Å². The van der Waals surface area contributed by atoms with E-state index in [1.165, 1.54) is 0 Å². The molecule has 5 N–H and O–H groups in total. The first-order valence-corrected chi connectivity index (χ1v) is 15.5.